The second-order valence-electron chi connectivity index (χ2n) is 7.51. The Morgan fingerprint density at radius 1 is 1.15 bits per heavy atom. The molecule has 0 aliphatic carbocycles. The van der Waals surface area contributed by atoms with E-state index in [1.165, 1.54) is 29.3 Å². The number of ether oxygens (including phenoxy) is 2. The van der Waals surface area contributed by atoms with E-state index in [1.807, 2.05) is 37.3 Å². The maximum Gasteiger partial charge on any atom is 0.302 e. The van der Waals surface area contributed by atoms with Gasteiger partial charge in [-0.3, -0.25) is 9.59 Å². The fourth-order valence-electron chi connectivity index (χ4n) is 3.53. The number of amides is 2. The first-order valence-corrected chi connectivity index (χ1v) is 11.6. The van der Waals surface area contributed by atoms with Crippen LogP contribution < -0.4 is 14.8 Å². The number of hydrazone groups is 1. The van der Waals surface area contributed by atoms with Gasteiger partial charge in [-0.2, -0.15) is 5.10 Å². The molecule has 0 radical (unpaired) electrons. The summed E-state index contributed by atoms with van der Waals surface area (Å²) in [5.41, 5.74) is 3.60. The maximum absolute atomic E-state index is 12.8. The first kappa shape index (κ1) is 23.4. The minimum atomic E-state index is -0.275. The van der Waals surface area contributed by atoms with E-state index < -0.39 is 0 Å². The maximum atomic E-state index is 12.8. The average Bonchev–Trinajstić information content (AvgIpc) is 3.41. The third kappa shape index (κ3) is 5.07. The molecule has 176 valence electrons. The van der Waals surface area contributed by atoms with Crippen LogP contribution in [0.25, 0.3) is 0 Å². The highest BCUT2D eigenvalue weighted by atomic mass is 32.2. The minimum Gasteiger partial charge on any atom is -0.493 e. The van der Waals surface area contributed by atoms with Gasteiger partial charge in [-0.1, -0.05) is 30.8 Å². The zero-order valence-electron chi connectivity index (χ0n) is 19.1. The van der Waals surface area contributed by atoms with E-state index in [2.05, 4.69) is 15.3 Å². The molecule has 2 N–H and O–H groups in total. The van der Waals surface area contributed by atoms with Crippen LogP contribution in [0.15, 0.2) is 60.1 Å². The van der Waals surface area contributed by atoms with Crippen molar-refractivity contribution in [2.75, 3.05) is 19.5 Å². The summed E-state index contributed by atoms with van der Waals surface area (Å²) in [4.78, 5) is 31.6. The number of aromatic nitrogens is 2. The van der Waals surface area contributed by atoms with Gasteiger partial charge >= 0.3 is 5.24 Å². The number of aromatic amines is 1. The van der Waals surface area contributed by atoms with Crippen molar-refractivity contribution in [3.8, 4) is 11.5 Å². The molecule has 0 fully saturated rings. The number of anilines is 1. The molecule has 34 heavy (non-hydrogen) atoms. The van der Waals surface area contributed by atoms with Gasteiger partial charge in [-0.25, -0.2) is 9.99 Å². The highest BCUT2D eigenvalue weighted by molar-refractivity contribution is 8.14. The summed E-state index contributed by atoms with van der Waals surface area (Å²) in [5.74, 6) is 0.970. The Morgan fingerprint density at radius 3 is 2.56 bits per heavy atom. The predicted octanol–water partition coefficient (Wildman–Crippen LogP) is 4.53. The van der Waals surface area contributed by atoms with Crippen molar-refractivity contribution in [1.29, 1.82) is 0 Å². The van der Waals surface area contributed by atoms with Crippen LogP contribution in [0.1, 0.15) is 35.0 Å². The van der Waals surface area contributed by atoms with E-state index in [0.29, 0.717) is 29.4 Å². The number of imidazole rings is 1. The van der Waals surface area contributed by atoms with Crippen molar-refractivity contribution in [3.05, 3.63) is 71.8 Å². The van der Waals surface area contributed by atoms with E-state index in [1.54, 1.807) is 26.4 Å². The van der Waals surface area contributed by atoms with Crippen molar-refractivity contribution in [2.24, 2.45) is 5.10 Å². The molecule has 3 aromatic rings. The zero-order valence-corrected chi connectivity index (χ0v) is 19.9. The van der Waals surface area contributed by atoms with Crippen LogP contribution >= 0.6 is 11.8 Å². The van der Waals surface area contributed by atoms with Crippen molar-refractivity contribution in [1.82, 2.24) is 15.0 Å². The van der Waals surface area contributed by atoms with Crippen LogP contribution in [0.3, 0.4) is 0 Å². The first-order chi connectivity index (χ1) is 16.5. The Balaban J connectivity index is 1.53. The number of nitrogens with one attached hydrogen (secondary N) is 2. The lowest BCUT2D eigenvalue weighted by Gasteiger charge is -2.28. The normalized spacial score (nSPS) is 15.6. The Bertz CT molecular complexity index is 1190. The van der Waals surface area contributed by atoms with Gasteiger partial charge in [0.05, 0.1) is 44.3 Å². The highest BCUT2D eigenvalue weighted by Crippen LogP contribution is 2.33. The smallest absolute Gasteiger partial charge is 0.302 e. The number of nitrogens with zero attached hydrogens (tertiary/aromatic N) is 3. The van der Waals surface area contributed by atoms with E-state index in [9.17, 15) is 9.59 Å². The Hall–Kier alpha value is -3.79. The van der Waals surface area contributed by atoms with Crippen molar-refractivity contribution in [3.63, 3.8) is 0 Å². The molecule has 1 unspecified atom stereocenters. The van der Waals surface area contributed by atoms with E-state index in [-0.39, 0.29) is 16.4 Å². The monoisotopic (exact) mass is 479 g/mol. The van der Waals surface area contributed by atoms with Crippen molar-refractivity contribution >= 4 is 34.3 Å². The van der Waals surface area contributed by atoms with Crippen LogP contribution in [0.4, 0.5) is 10.5 Å². The van der Waals surface area contributed by atoms with Gasteiger partial charge in [0.2, 0.25) is 0 Å². The Kier molecular flexibility index (Phi) is 7.17. The molecular formula is C24H25N5O4S. The number of hydrogen-bond donors (Lipinski definition) is 2. The molecule has 2 aromatic carbocycles. The van der Waals surface area contributed by atoms with Gasteiger partial charge in [-0.15, -0.1) is 0 Å². The molecule has 1 atom stereocenters. The molecule has 9 nitrogen and oxygen atoms in total. The topological polar surface area (TPSA) is 109 Å². The molecule has 1 aliphatic heterocycles. The predicted molar refractivity (Wildman–Crippen MR) is 132 cm³/mol. The number of hydrogen-bond acceptors (Lipinski definition) is 7. The number of thioether (sulfide) groups is 1. The summed E-state index contributed by atoms with van der Waals surface area (Å²) in [6.45, 7) is 2.35. The molecular weight excluding hydrogens is 454 g/mol. The van der Waals surface area contributed by atoms with Crippen LogP contribution in [0.5, 0.6) is 11.5 Å². The average molecular weight is 480 g/mol. The quantitative estimate of drug-likeness (QED) is 0.491. The number of rotatable bonds is 8. The summed E-state index contributed by atoms with van der Waals surface area (Å²) in [6.07, 6.45) is 3.68. The molecule has 2 amide bonds. The molecule has 2 heterocycles. The highest BCUT2D eigenvalue weighted by Gasteiger charge is 2.30. The summed E-state index contributed by atoms with van der Waals surface area (Å²) in [6, 6.07) is 12.9. The first-order valence-electron chi connectivity index (χ1n) is 10.7. The molecule has 0 bridgehead atoms. The zero-order chi connectivity index (χ0) is 24.1. The van der Waals surface area contributed by atoms with Gasteiger partial charge in [0.25, 0.3) is 5.91 Å². The minimum absolute atomic E-state index is 0.0538. The number of carbonyl (C=O) groups is 2. The SMILES string of the molecule is CCC1SC(=O)N(Cc2ccc(NC(=O)c3cnc[nH]3)cc2)N=C1c1ccc(OC)c(OC)c1. The Labute approximate surface area is 201 Å². The molecule has 1 aliphatic rings. The van der Waals surface area contributed by atoms with Gasteiger partial charge in [0, 0.05) is 11.3 Å². The van der Waals surface area contributed by atoms with Crippen molar-refractivity contribution in [2.45, 2.75) is 25.1 Å². The lowest BCUT2D eigenvalue weighted by Crippen LogP contribution is -2.34. The summed E-state index contributed by atoms with van der Waals surface area (Å²) in [7, 11) is 3.18. The molecule has 1 aromatic heterocycles. The van der Waals surface area contributed by atoms with Gasteiger partial charge in [-0.05, 0) is 42.3 Å². The second-order valence-corrected chi connectivity index (χ2v) is 8.66. The molecule has 0 saturated carbocycles. The van der Waals surface area contributed by atoms with Crippen LogP contribution in [0, 0.1) is 0 Å². The molecule has 4 rings (SSSR count). The van der Waals surface area contributed by atoms with Gasteiger partial charge in [0.15, 0.2) is 11.5 Å². The summed E-state index contributed by atoms with van der Waals surface area (Å²) in [5, 5.41) is 8.84. The lowest BCUT2D eigenvalue weighted by molar-refractivity contribution is 0.102. The lowest BCUT2D eigenvalue weighted by atomic mass is 10.0. The van der Waals surface area contributed by atoms with E-state index in [0.717, 1.165) is 23.3 Å². The molecule has 0 saturated heterocycles. The van der Waals surface area contributed by atoms with E-state index in [4.69, 9.17) is 14.6 Å². The van der Waals surface area contributed by atoms with Gasteiger partial charge in [0.1, 0.15) is 5.69 Å². The van der Waals surface area contributed by atoms with Crippen LogP contribution in [0.2, 0.25) is 0 Å². The summed E-state index contributed by atoms with van der Waals surface area (Å²) < 4.78 is 10.8. The molecule has 10 heteroatoms. The third-order valence-electron chi connectivity index (χ3n) is 5.32. The summed E-state index contributed by atoms with van der Waals surface area (Å²) >= 11 is 1.27. The second kappa shape index (κ2) is 10.4. The van der Waals surface area contributed by atoms with Crippen LogP contribution in [-0.4, -0.2) is 51.3 Å². The van der Waals surface area contributed by atoms with Crippen molar-refractivity contribution < 1.29 is 19.1 Å². The number of H-pyrrole nitrogens is 1. The number of methoxy groups -OCH3 is 2. The largest absolute Gasteiger partial charge is 0.493 e. The Morgan fingerprint density at radius 2 is 1.91 bits per heavy atom. The van der Waals surface area contributed by atoms with Gasteiger partial charge < -0.3 is 19.8 Å². The number of benzene rings is 2. The fourth-order valence-corrected chi connectivity index (χ4v) is 4.47. The van der Waals surface area contributed by atoms with E-state index >= 15 is 0 Å². The fraction of sp³-hybridized carbons (Fsp3) is 0.250. The van der Waals surface area contributed by atoms with Crippen LogP contribution in [-0.2, 0) is 6.54 Å². The third-order valence-corrected chi connectivity index (χ3v) is 6.58. The number of carbonyl (C=O) groups excluding carboxylic acids is 2. The molecule has 0 spiro atoms. The standard InChI is InChI=1S/C24H25N5O4S/c1-4-21-22(16-7-10-19(32-2)20(11-16)33-3)28-29(24(31)34-21)13-15-5-8-17(9-6-15)27-23(30)18-12-25-14-26-18/h5-12,14,21H,4,13H2,1-3H3,(H,25,26)(H,27,30).